The van der Waals surface area contributed by atoms with E-state index in [0.29, 0.717) is 0 Å². The molecule has 0 saturated heterocycles. The van der Waals surface area contributed by atoms with Crippen molar-refractivity contribution in [3.8, 4) is 33.8 Å². The molecule has 136 valence electrons. The number of halogens is 2. The fourth-order valence-corrected chi connectivity index (χ4v) is 4.28. The molecule has 1 aromatic heterocycles. The molecule has 1 aliphatic carbocycles. The molecule has 0 saturated carbocycles. The van der Waals surface area contributed by atoms with Gasteiger partial charge in [-0.15, -0.1) is 0 Å². The van der Waals surface area contributed by atoms with Gasteiger partial charge in [0.05, 0.1) is 11.4 Å². The maximum Gasteiger partial charge on any atom is 0.160 e. The van der Waals surface area contributed by atoms with Crippen molar-refractivity contribution >= 4 is 31.9 Å². The van der Waals surface area contributed by atoms with Crippen LogP contribution in [0.3, 0.4) is 0 Å². The summed E-state index contributed by atoms with van der Waals surface area (Å²) >= 11 is 7.05. The van der Waals surface area contributed by atoms with Crippen LogP contribution >= 0.6 is 31.9 Å². The molecule has 1 heterocycles. The van der Waals surface area contributed by atoms with Crippen LogP contribution in [0.1, 0.15) is 11.3 Å². The van der Waals surface area contributed by atoms with Crippen LogP contribution in [0.2, 0.25) is 0 Å². The Morgan fingerprint density at radius 1 is 0.643 bits per heavy atom. The zero-order valence-corrected chi connectivity index (χ0v) is 18.2. The summed E-state index contributed by atoms with van der Waals surface area (Å²) in [5.74, 6) is 0.781. The van der Waals surface area contributed by atoms with Gasteiger partial charge in [-0.3, -0.25) is 0 Å². The molecule has 0 bridgehead atoms. The van der Waals surface area contributed by atoms with Crippen molar-refractivity contribution in [3.63, 3.8) is 0 Å². The Morgan fingerprint density at radius 3 is 2.00 bits per heavy atom. The molecule has 0 amide bonds. The van der Waals surface area contributed by atoms with Gasteiger partial charge in [-0.25, -0.2) is 9.97 Å². The lowest BCUT2D eigenvalue weighted by molar-refractivity contribution is 0.888. The number of aromatic nitrogens is 2. The molecule has 0 radical (unpaired) electrons. The van der Waals surface area contributed by atoms with Crippen molar-refractivity contribution in [2.75, 3.05) is 0 Å². The SMILES string of the molecule is Brc1ccc(-c2nc3c(c(-c4ccc(Br)cc4)n2)-c2ccccc2CC3)cc1. The first-order valence-electron chi connectivity index (χ1n) is 9.20. The monoisotopic (exact) mass is 490 g/mol. The van der Waals surface area contributed by atoms with Crippen molar-refractivity contribution < 1.29 is 0 Å². The fraction of sp³-hybridized carbons (Fsp3) is 0.0833. The smallest absolute Gasteiger partial charge is 0.160 e. The van der Waals surface area contributed by atoms with Crippen LogP contribution < -0.4 is 0 Å². The van der Waals surface area contributed by atoms with Gasteiger partial charge >= 0.3 is 0 Å². The minimum absolute atomic E-state index is 0.781. The summed E-state index contributed by atoms with van der Waals surface area (Å²) in [5, 5.41) is 0. The molecule has 1 aliphatic rings. The highest BCUT2D eigenvalue weighted by atomic mass is 79.9. The Labute approximate surface area is 181 Å². The standard InChI is InChI=1S/C24H16Br2N2/c25-18-10-5-16(6-11-18)23-22-20-4-2-1-3-15(20)9-14-21(22)27-24(28-23)17-7-12-19(26)13-8-17/h1-8,10-13H,9,14H2. The summed E-state index contributed by atoms with van der Waals surface area (Å²) in [7, 11) is 0. The summed E-state index contributed by atoms with van der Waals surface area (Å²) in [4.78, 5) is 10.0. The van der Waals surface area contributed by atoms with Crippen LogP contribution in [0.15, 0.2) is 81.7 Å². The van der Waals surface area contributed by atoms with E-state index in [1.54, 1.807) is 0 Å². The second-order valence-corrected chi connectivity index (χ2v) is 8.72. The maximum atomic E-state index is 5.04. The van der Waals surface area contributed by atoms with E-state index in [1.807, 2.05) is 12.1 Å². The van der Waals surface area contributed by atoms with E-state index in [1.165, 1.54) is 16.7 Å². The third-order valence-corrected chi connectivity index (χ3v) is 6.18. The van der Waals surface area contributed by atoms with E-state index >= 15 is 0 Å². The first kappa shape index (κ1) is 17.8. The predicted octanol–water partition coefficient (Wildman–Crippen LogP) is 7.10. The van der Waals surface area contributed by atoms with Gasteiger partial charge in [-0.1, -0.05) is 80.4 Å². The normalized spacial score (nSPS) is 12.4. The maximum absolute atomic E-state index is 5.04. The van der Waals surface area contributed by atoms with Crippen LogP contribution in [0.4, 0.5) is 0 Å². The molecular formula is C24H16Br2N2. The fourth-order valence-electron chi connectivity index (χ4n) is 3.75. The number of aryl methyl sites for hydroxylation is 2. The topological polar surface area (TPSA) is 25.8 Å². The highest BCUT2D eigenvalue weighted by molar-refractivity contribution is 9.10. The Bertz CT molecular complexity index is 1170. The van der Waals surface area contributed by atoms with Gasteiger partial charge < -0.3 is 0 Å². The molecule has 3 aromatic carbocycles. The van der Waals surface area contributed by atoms with Gasteiger partial charge in [-0.2, -0.15) is 0 Å². The average molecular weight is 492 g/mol. The minimum atomic E-state index is 0.781. The van der Waals surface area contributed by atoms with Crippen LogP contribution in [-0.2, 0) is 12.8 Å². The van der Waals surface area contributed by atoms with E-state index in [0.717, 1.165) is 50.1 Å². The number of fused-ring (bicyclic) bond motifs is 3. The molecule has 28 heavy (non-hydrogen) atoms. The first-order valence-corrected chi connectivity index (χ1v) is 10.8. The molecule has 0 unspecified atom stereocenters. The second-order valence-electron chi connectivity index (χ2n) is 6.89. The molecule has 0 aliphatic heterocycles. The molecule has 0 fully saturated rings. The van der Waals surface area contributed by atoms with Gasteiger partial charge in [0.15, 0.2) is 5.82 Å². The Hall–Kier alpha value is -2.30. The van der Waals surface area contributed by atoms with E-state index in [4.69, 9.17) is 9.97 Å². The largest absolute Gasteiger partial charge is 0.232 e. The lowest BCUT2D eigenvalue weighted by Gasteiger charge is -2.22. The summed E-state index contributed by atoms with van der Waals surface area (Å²) in [5.41, 5.74) is 8.06. The third-order valence-electron chi connectivity index (χ3n) is 5.12. The second kappa shape index (κ2) is 7.26. The number of hydrogen-bond donors (Lipinski definition) is 0. The number of nitrogens with zero attached hydrogens (tertiary/aromatic N) is 2. The number of benzene rings is 3. The van der Waals surface area contributed by atoms with Gasteiger partial charge in [-0.05, 0) is 48.2 Å². The van der Waals surface area contributed by atoms with Gasteiger partial charge in [0.1, 0.15) is 0 Å². The zero-order chi connectivity index (χ0) is 19.1. The van der Waals surface area contributed by atoms with E-state index in [9.17, 15) is 0 Å². The highest BCUT2D eigenvalue weighted by Gasteiger charge is 2.23. The summed E-state index contributed by atoms with van der Waals surface area (Å²) in [6, 6.07) is 25.2. The third kappa shape index (κ3) is 3.21. The number of rotatable bonds is 2. The van der Waals surface area contributed by atoms with Crippen molar-refractivity contribution in [2.24, 2.45) is 0 Å². The van der Waals surface area contributed by atoms with Crippen LogP contribution in [-0.4, -0.2) is 9.97 Å². The average Bonchev–Trinajstić information content (AvgIpc) is 2.74. The van der Waals surface area contributed by atoms with Crippen molar-refractivity contribution in [1.29, 1.82) is 0 Å². The lowest BCUT2D eigenvalue weighted by Crippen LogP contribution is -2.10. The number of hydrogen-bond acceptors (Lipinski definition) is 2. The quantitative estimate of drug-likeness (QED) is 0.298. The molecular weight excluding hydrogens is 476 g/mol. The minimum Gasteiger partial charge on any atom is -0.232 e. The Morgan fingerprint density at radius 2 is 1.29 bits per heavy atom. The lowest BCUT2D eigenvalue weighted by atomic mass is 9.86. The molecule has 0 atom stereocenters. The van der Waals surface area contributed by atoms with Gasteiger partial charge in [0.25, 0.3) is 0 Å². The molecule has 0 N–H and O–H groups in total. The van der Waals surface area contributed by atoms with Crippen molar-refractivity contribution in [2.45, 2.75) is 12.8 Å². The summed E-state index contributed by atoms with van der Waals surface area (Å²) < 4.78 is 2.11. The van der Waals surface area contributed by atoms with Gasteiger partial charge in [0.2, 0.25) is 0 Å². The Kier molecular flexibility index (Phi) is 4.61. The molecule has 0 spiro atoms. The predicted molar refractivity (Wildman–Crippen MR) is 121 cm³/mol. The molecule has 4 heteroatoms. The highest BCUT2D eigenvalue weighted by Crippen LogP contribution is 2.40. The Balaban J connectivity index is 1.78. The van der Waals surface area contributed by atoms with E-state index < -0.39 is 0 Å². The zero-order valence-electron chi connectivity index (χ0n) is 15.0. The van der Waals surface area contributed by atoms with E-state index in [-0.39, 0.29) is 0 Å². The van der Waals surface area contributed by atoms with Crippen LogP contribution in [0, 0.1) is 0 Å². The van der Waals surface area contributed by atoms with Crippen molar-refractivity contribution in [1.82, 2.24) is 9.97 Å². The first-order chi connectivity index (χ1) is 13.7. The van der Waals surface area contributed by atoms with Crippen molar-refractivity contribution in [3.05, 3.63) is 93.0 Å². The van der Waals surface area contributed by atoms with Gasteiger partial charge in [0, 0.05) is 25.6 Å². The molecule has 2 nitrogen and oxygen atoms in total. The molecule has 4 aromatic rings. The van der Waals surface area contributed by atoms with E-state index in [2.05, 4.69) is 92.5 Å². The van der Waals surface area contributed by atoms with Crippen LogP contribution in [0.5, 0.6) is 0 Å². The summed E-state index contributed by atoms with van der Waals surface area (Å²) in [6.07, 6.45) is 1.95. The summed E-state index contributed by atoms with van der Waals surface area (Å²) in [6.45, 7) is 0. The van der Waals surface area contributed by atoms with Crippen LogP contribution in [0.25, 0.3) is 33.8 Å². The molecule has 5 rings (SSSR count).